The minimum absolute atomic E-state index is 0. The standard InChI is InChI=1S/C15H19F3N2O2.2ClH/c1-2-3-13(20-8-6-19-7-9-20)12-10-11(4-5-14(12)21)22-15(16,17)18;;/h2,4-5,10,13,19,21H,1,3,6-9H2;2*1H/t13-;;/m0../s1. The molecule has 0 bridgehead atoms. The van der Waals surface area contributed by atoms with Gasteiger partial charge in [0, 0.05) is 37.8 Å². The molecule has 0 aromatic heterocycles. The van der Waals surface area contributed by atoms with Crippen LogP contribution in [0, 0.1) is 0 Å². The molecule has 0 saturated carbocycles. The molecule has 2 rings (SSSR count). The zero-order valence-corrected chi connectivity index (χ0v) is 14.5. The number of piperazine rings is 1. The first-order valence-corrected chi connectivity index (χ1v) is 7.05. The van der Waals surface area contributed by atoms with Crippen LogP contribution < -0.4 is 10.1 Å². The van der Waals surface area contributed by atoms with Crippen molar-refractivity contribution in [2.75, 3.05) is 26.2 Å². The summed E-state index contributed by atoms with van der Waals surface area (Å²) < 4.78 is 41.0. The SMILES string of the molecule is C=CC[C@@H](c1cc(OC(F)(F)F)ccc1O)N1CCNCC1.Cl.Cl. The molecule has 24 heavy (non-hydrogen) atoms. The van der Waals surface area contributed by atoms with E-state index in [0.29, 0.717) is 12.0 Å². The molecule has 138 valence electrons. The van der Waals surface area contributed by atoms with E-state index in [1.54, 1.807) is 6.08 Å². The predicted molar refractivity (Wildman–Crippen MR) is 91.3 cm³/mol. The highest BCUT2D eigenvalue weighted by Crippen LogP contribution is 2.35. The minimum Gasteiger partial charge on any atom is -0.508 e. The predicted octanol–water partition coefficient (Wildman–Crippen LogP) is 3.66. The normalized spacial score (nSPS) is 16.5. The van der Waals surface area contributed by atoms with E-state index in [9.17, 15) is 18.3 Å². The summed E-state index contributed by atoms with van der Waals surface area (Å²) in [4.78, 5) is 2.12. The number of phenolic OH excluding ortho intramolecular Hbond substituents is 1. The molecule has 2 N–H and O–H groups in total. The van der Waals surface area contributed by atoms with Crippen molar-refractivity contribution in [3.05, 3.63) is 36.4 Å². The van der Waals surface area contributed by atoms with E-state index < -0.39 is 6.36 Å². The van der Waals surface area contributed by atoms with Gasteiger partial charge in [0.05, 0.1) is 0 Å². The van der Waals surface area contributed by atoms with Crippen molar-refractivity contribution in [3.63, 3.8) is 0 Å². The number of halogens is 5. The van der Waals surface area contributed by atoms with Gasteiger partial charge >= 0.3 is 6.36 Å². The lowest BCUT2D eigenvalue weighted by molar-refractivity contribution is -0.274. The molecule has 0 radical (unpaired) electrons. The van der Waals surface area contributed by atoms with Gasteiger partial charge in [0.2, 0.25) is 0 Å². The largest absolute Gasteiger partial charge is 0.573 e. The van der Waals surface area contributed by atoms with Gasteiger partial charge in [-0.25, -0.2) is 0 Å². The van der Waals surface area contributed by atoms with Crippen LogP contribution in [-0.2, 0) is 0 Å². The number of alkyl halides is 3. The molecule has 1 saturated heterocycles. The maximum absolute atomic E-state index is 12.4. The van der Waals surface area contributed by atoms with Gasteiger partial charge in [0.1, 0.15) is 11.5 Å². The van der Waals surface area contributed by atoms with Crippen LogP contribution in [-0.4, -0.2) is 42.5 Å². The Morgan fingerprint density at radius 3 is 2.46 bits per heavy atom. The van der Waals surface area contributed by atoms with Gasteiger partial charge in [-0.2, -0.15) is 0 Å². The number of ether oxygens (including phenoxy) is 1. The second kappa shape index (κ2) is 9.98. The van der Waals surface area contributed by atoms with E-state index in [1.807, 2.05) is 0 Å². The smallest absolute Gasteiger partial charge is 0.508 e. The molecule has 0 unspecified atom stereocenters. The van der Waals surface area contributed by atoms with Crippen LogP contribution in [0.25, 0.3) is 0 Å². The summed E-state index contributed by atoms with van der Waals surface area (Å²) in [6.45, 7) is 6.80. The molecule has 1 aliphatic rings. The molecular formula is C15H21Cl2F3N2O2. The Hall–Kier alpha value is -1.15. The number of nitrogens with zero attached hydrogens (tertiary/aromatic N) is 1. The Kier molecular flexibility index (Phi) is 9.50. The maximum Gasteiger partial charge on any atom is 0.573 e. The first-order valence-electron chi connectivity index (χ1n) is 7.05. The number of benzene rings is 1. The number of aromatic hydroxyl groups is 1. The fourth-order valence-electron chi connectivity index (χ4n) is 2.62. The van der Waals surface area contributed by atoms with E-state index in [-0.39, 0.29) is 42.4 Å². The molecule has 1 aromatic rings. The Balaban J connectivity index is 0.00000264. The summed E-state index contributed by atoms with van der Waals surface area (Å²) >= 11 is 0. The monoisotopic (exact) mass is 388 g/mol. The average Bonchev–Trinajstić information content (AvgIpc) is 2.46. The average molecular weight is 389 g/mol. The summed E-state index contributed by atoms with van der Waals surface area (Å²) in [5.74, 6) is -0.371. The molecule has 0 spiro atoms. The van der Waals surface area contributed by atoms with Crippen molar-refractivity contribution in [1.82, 2.24) is 10.2 Å². The Morgan fingerprint density at radius 1 is 1.29 bits per heavy atom. The van der Waals surface area contributed by atoms with E-state index in [0.717, 1.165) is 32.2 Å². The second-order valence-electron chi connectivity index (χ2n) is 5.09. The first-order chi connectivity index (χ1) is 10.4. The molecule has 1 fully saturated rings. The highest BCUT2D eigenvalue weighted by atomic mass is 35.5. The summed E-state index contributed by atoms with van der Waals surface area (Å²) in [6.07, 6.45) is -2.52. The van der Waals surface area contributed by atoms with Gasteiger partial charge in [-0.15, -0.1) is 44.6 Å². The lowest BCUT2D eigenvalue weighted by Crippen LogP contribution is -2.45. The number of hydrogen-bond donors (Lipinski definition) is 2. The van der Waals surface area contributed by atoms with Crippen molar-refractivity contribution in [2.45, 2.75) is 18.8 Å². The molecule has 1 heterocycles. The molecule has 4 nitrogen and oxygen atoms in total. The fourth-order valence-corrected chi connectivity index (χ4v) is 2.62. The van der Waals surface area contributed by atoms with Crippen LogP contribution in [0.1, 0.15) is 18.0 Å². The Labute approximate surface area is 151 Å². The quantitative estimate of drug-likeness (QED) is 0.755. The number of phenols is 1. The van der Waals surface area contributed by atoms with Crippen molar-refractivity contribution in [2.24, 2.45) is 0 Å². The first kappa shape index (κ1) is 22.9. The third-order valence-electron chi connectivity index (χ3n) is 3.57. The van der Waals surface area contributed by atoms with E-state index in [4.69, 9.17) is 0 Å². The van der Waals surface area contributed by atoms with Crippen LogP contribution in [0.5, 0.6) is 11.5 Å². The summed E-state index contributed by atoms with van der Waals surface area (Å²) in [7, 11) is 0. The zero-order valence-electron chi connectivity index (χ0n) is 12.9. The number of rotatable bonds is 5. The molecular weight excluding hydrogens is 368 g/mol. The lowest BCUT2D eigenvalue weighted by Gasteiger charge is -2.35. The van der Waals surface area contributed by atoms with Gasteiger partial charge in [-0.3, -0.25) is 4.90 Å². The van der Waals surface area contributed by atoms with Crippen molar-refractivity contribution in [3.8, 4) is 11.5 Å². The van der Waals surface area contributed by atoms with Gasteiger partial charge in [-0.1, -0.05) is 6.08 Å². The van der Waals surface area contributed by atoms with E-state index >= 15 is 0 Å². The van der Waals surface area contributed by atoms with Crippen LogP contribution >= 0.6 is 24.8 Å². The highest BCUT2D eigenvalue weighted by molar-refractivity contribution is 5.85. The van der Waals surface area contributed by atoms with Crippen molar-refractivity contribution < 1.29 is 23.0 Å². The van der Waals surface area contributed by atoms with Crippen molar-refractivity contribution >= 4 is 24.8 Å². The van der Waals surface area contributed by atoms with Crippen LogP contribution in [0.2, 0.25) is 0 Å². The van der Waals surface area contributed by atoms with Gasteiger partial charge in [0.15, 0.2) is 0 Å². The summed E-state index contributed by atoms with van der Waals surface area (Å²) in [6, 6.07) is 3.36. The molecule has 0 amide bonds. The minimum atomic E-state index is -4.75. The third kappa shape index (κ3) is 6.39. The van der Waals surface area contributed by atoms with Crippen LogP contribution in [0.15, 0.2) is 30.9 Å². The topological polar surface area (TPSA) is 44.7 Å². The lowest BCUT2D eigenvalue weighted by atomic mass is 9.99. The molecule has 1 atom stereocenters. The summed E-state index contributed by atoms with van der Waals surface area (Å²) in [5.41, 5.74) is 0.420. The number of nitrogens with one attached hydrogen (secondary N) is 1. The van der Waals surface area contributed by atoms with Crippen LogP contribution in [0.4, 0.5) is 13.2 Å². The van der Waals surface area contributed by atoms with Crippen LogP contribution in [0.3, 0.4) is 0 Å². The molecule has 1 aromatic carbocycles. The van der Waals surface area contributed by atoms with Gasteiger partial charge < -0.3 is 15.2 Å². The summed E-state index contributed by atoms with van der Waals surface area (Å²) in [5, 5.41) is 13.3. The highest BCUT2D eigenvalue weighted by Gasteiger charge is 2.32. The van der Waals surface area contributed by atoms with E-state index in [1.165, 1.54) is 12.1 Å². The molecule has 0 aliphatic carbocycles. The number of hydrogen-bond acceptors (Lipinski definition) is 4. The fraction of sp³-hybridized carbons (Fsp3) is 0.467. The van der Waals surface area contributed by atoms with Gasteiger partial charge in [-0.05, 0) is 24.6 Å². The van der Waals surface area contributed by atoms with E-state index in [2.05, 4.69) is 21.5 Å². The second-order valence-corrected chi connectivity index (χ2v) is 5.09. The molecule has 9 heteroatoms. The maximum atomic E-state index is 12.4. The molecule has 1 aliphatic heterocycles. The van der Waals surface area contributed by atoms with Crippen molar-refractivity contribution in [1.29, 1.82) is 0 Å². The van der Waals surface area contributed by atoms with Gasteiger partial charge in [0.25, 0.3) is 0 Å². The Morgan fingerprint density at radius 2 is 1.92 bits per heavy atom. The Bertz CT molecular complexity index is 524. The third-order valence-corrected chi connectivity index (χ3v) is 3.57. The zero-order chi connectivity index (χ0) is 16.2.